The van der Waals surface area contributed by atoms with E-state index in [1.165, 1.54) is 42.3 Å². The van der Waals surface area contributed by atoms with Crippen molar-refractivity contribution in [2.45, 2.75) is 44.8 Å². The number of carbonyl (C=O) groups excluding carboxylic acids is 3. The monoisotopic (exact) mass is 837 g/mol. The number of aromatic carboxylic acids is 1. The number of carboxylic acids is 1. The highest BCUT2D eigenvalue weighted by Crippen LogP contribution is 2.44. The normalized spacial score (nSPS) is 12.1. The summed E-state index contributed by atoms with van der Waals surface area (Å²) in [5.74, 6) is -2.16. The molecule has 1 atom stereocenters. The lowest BCUT2D eigenvalue weighted by atomic mass is 9.90. The van der Waals surface area contributed by atoms with Crippen LogP contribution in [0.4, 0.5) is 5.69 Å². The van der Waals surface area contributed by atoms with Gasteiger partial charge in [0.05, 0.1) is 33.2 Å². The molecule has 1 aliphatic heterocycles. The van der Waals surface area contributed by atoms with Gasteiger partial charge in [0.1, 0.15) is 17.1 Å². The lowest BCUT2D eigenvalue weighted by Crippen LogP contribution is -2.43. The van der Waals surface area contributed by atoms with Gasteiger partial charge in [0.15, 0.2) is 10.5 Å². The van der Waals surface area contributed by atoms with E-state index in [1.807, 2.05) is 0 Å². The molecule has 4 rings (SSSR count). The maximum Gasteiger partial charge on any atom is 0.472 e. The minimum absolute atomic E-state index is 0.00261. The molecule has 0 saturated carbocycles. The van der Waals surface area contributed by atoms with Crippen molar-refractivity contribution in [3.8, 4) is 28.2 Å². The zero-order chi connectivity index (χ0) is 42.2. The number of carbonyl (C=O) groups is 4. The molecule has 0 bridgehead atoms. The van der Waals surface area contributed by atoms with Gasteiger partial charge < -0.3 is 45.7 Å². The minimum atomic E-state index is -4.31. The van der Waals surface area contributed by atoms with Gasteiger partial charge in [-0.05, 0) is 79.8 Å². The lowest BCUT2D eigenvalue weighted by Gasteiger charge is -2.21. The molecule has 17 nitrogen and oxygen atoms in total. The van der Waals surface area contributed by atoms with E-state index in [2.05, 4.69) is 21.3 Å². The molecule has 7 N–H and O–H groups in total. The summed E-state index contributed by atoms with van der Waals surface area (Å²) >= 11 is 5.42. The second-order valence-corrected chi connectivity index (χ2v) is 14.8. The summed E-state index contributed by atoms with van der Waals surface area (Å²) in [5, 5.41) is 32.2. The van der Waals surface area contributed by atoms with Gasteiger partial charge in [-0.3, -0.25) is 28.2 Å². The zero-order valence-corrected chi connectivity index (χ0v) is 33.5. The molecule has 1 aliphatic carbocycles. The van der Waals surface area contributed by atoms with Crippen LogP contribution in [0.25, 0.3) is 33.4 Å². The van der Waals surface area contributed by atoms with Gasteiger partial charge in [-0.15, -0.1) is 0 Å². The molecule has 0 spiro atoms. The number of phosphoric ester groups is 1. The highest BCUT2D eigenvalue weighted by Gasteiger charge is 2.23. The number of benzene rings is 3. The van der Waals surface area contributed by atoms with Crippen LogP contribution >= 0.6 is 20.0 Å². The Kier molecular flexibility index (Phi) is 17.2. The molecule has 0 aromatic heterocycles. The number of fused-ring (bicyclic) bond motifs is 2. The first-order valence-corrected chi connectivity index (χ1v) is 20.3. The van der Waals surface area contributed by atoms with Crippen LogP contribution in [-0.4, -0.2) is 103 Å². The average Bonchev–Trinajstić information content (AvgIpc) is 3.18. The van der Waals surface area contributed by atoms with Crippen molar-refractivity contribution >= 4 is 73.3 Å². The van der Waals surface area contributed by atoms with E-state index in [0.29, 0.717) is 53.6 Å². The Labute approximate surface area is 340 Å². The number of unbranched alkanes of at least 4 members (excludes halogenated alkanes) is 3. The van der Waals surface area contributed by atoms with Gasteiger partial charge in [-0.1, -0.05) is 18.9 Å². The van der Waals surface area contributed by atoms with Crippen molar-refractivity contribution in [1.82, 2.24) is 20.9 Å². The van der Waals surface area contributed by atoms with Crippen LogP contribution in [-0.2, 0) is 28.0 Å². The minimum Gasteiger partial charge on any atom is -0.508 e. The van der Waals surface area contributed by atoms with Gasteiger partial charge in [0.2, 0.25) is 17.7 Å². The van der Waals surface area contributed by atoms with E-state index in [1.54, 1.807) is 24.3 Å². The number of nitrogens with one attached hydrogen (secondary N) is 4. The number of aromatic hydroxyl groups is 1. The molecular formula is C38H45BN5O12PS. The largest absolute Gasteiger partial charge is 0.508 e. The van der Waals surface area contributed by atoms with E-state index >= 15 is 0 Å². The first kappa shape index (κ1) is 45.4. The van der Waals surface area contributed by atoms with Gasteiger partial charge in [-0.2, -0.15) is 0 Å². The fourth-order valence-electron chi connectivity index (χ4n) is 5.85. The second kappa shape index (κ2) is 22.0. The standard InChI is InChI=1S/C38H45BN5O12PS/c1-40-34(48)23-44(35(49)22-39)16-15-41-33(47)7-6-18-55-57(52,53)54-17-5-3-2-4-14-42-38(58)43-24-8-11-27(30(19-24)37(50)51)36-28-12-9-25(45)20-31(28)56-32-21-26(46)10-13-29(32)36/h8-13,19-21,45H,2-7,14-18,22-23H2,1H3,(H,40,48)(H,41,47)(H,50,51)(H,52,53)(H2,42,43,58). The number of amides is 3. The molecule has 1 unspecified atom stereocenters. The number of phenolic OH excluding ortho intramolecular Hbond substituents is 1. The summed E-state index contributed by atoms with van der Waals surface area (Å²) < 4.78 is 28.0. The van der Waals surface area contributed by atoms with E-state index < -0.39 is 19.7 Å². The molecule has 58 heavy (non-hydrogen) atoms. The van der Waals surface area contributed by atoms with Crippen molar-refractivity contribution in [3.63, 3.8) is 0 Å². The van der Waals surface area contributed by atoms with Crippen LogP contribution in [0.2, 0.25) is 6.32 Å². The summed E-state index contributed by atoms with van der Waals surface area (Å²) in [4.78, 5) is 71.3. The van der Waals surface area contributed by atoms with E-state index in [9.17, 15) is 43.6 Å². The van der Waals surface area contributed by atoms with Crippen molar-refractivity contribution in [1.29, 1.82) is 0 Å². The molecular weight excluding hydrogens is 792 g/mol. The van der Waals surface area contributed by atoms with Crippen LogP contribution in [0.15, 0.2) is 63.8 Å². The first-order valence-electron chi connectivity index (χ1n) is 18.4. The van der Waals surface area contributed by atoms with Crippen molar-refractivity contribution < 1.29 is 52.3 Å². The molecule has 2 aliphatic rings. The van der Waals surface area contributed by atoms with Gasteiger partial charge in [0.25, 0.3) is 0 Å². The summed E-state index contributed by atoms with van der Waals surface area (Å²) in [6.45, 7) is 0.307. The van der Waals surface area contributed by atoms with Crippen molar-refractivity contribution in [3.05, 3.63) is 70.4 Å². The number of carboxylic acid groups (broad SMARTS) is 1. The summed E-state index contributed by atoms with van der Waals surface area (Å²) in [5.41, 5.74) is 1.83. The zero-order valence-electron chi connectivity index (χ0n) is 31.8. The first-order chi connectivity index (χ1) is 27.7. The topological polar surface area (TPSA) is 246 Å². The van der Waals surface area contributed by atoms with E-state index in [0.717, 1.165) is 6.42 Å². The van der Waals surface area contributed by atoms with Gasteiger partial charge in [0, 0.05) is 67.4 Å². The number of phosphoric acid groups is 1. The fourth-order valence-corrected chi connectivity index (χ4v) is 6.86. The highest BCUT2D eigenvalue weighted by molar-refractivity contribution is 7.80. The van der Waals surface area contributed by atoms with Crippen LogP contribution < -0.4 is 26.7 Å². The maximum absolute atomic E-state index is 12.5. The third-order valence-electron chi connectivity index (χ3n) is 8.71. The Morgan fingerprint density at radius 2 is 1.62 bits per heavy atom. The van der Waals surface area contributed by atoms with Crippen molar-refractivity contribution in [2.24, 2.45) is 0 Å². The number of likely N-dealkylation sites (N-methyl/N-ethyl adjacent to an activating group) is 1. The molecule has 2 aromatic carbocycles. The summed E-state index contributed by atoms with van der Waals surface area (Å²) in [7, 11) is 2.50. The number of hydrogen-bond acceptors (Lipinski definition) is 11. The van der Waals surface area contributed by atoms with E-state index in [-0.39, 0.29) is 97.0 Å². The third kappa shape index (κ3) is 13.7. The predicted molar refractivity (Wildman–Crippen MR) is 221 cm³/mol. The molecule has 0 saturated heterocycles. The Morgan fingerprint density at radius 3 is 2.34 bits per heavy atom. The molecule has 308 valence electrons. The van der Waals surface area contributed by atoms with Crippen molar-refractivity contribution in [2.75, 3.05) is 51.8 Å². The number of phenols is 1. The number of hydrogen-bond donors (Lipinski definition) is 7. The average molecular weight is 838 g/mol. The Morgan fingerprint density at radius 1 is 0.897 bits per heavy atom. The molecule has 2 aromatic rings. The van der Waals surface area contributed by atoms with Crippen LogP contribution in [0.5, 0.6) is 5.75 Å². The highest BCUT2D eigenvalue weighted by atomic mass is 32.1. The number of rotatable bonds is 22. The van der Waals surface area contributed by atoms with Crippen LogP contribution in [0.3, 0.4) is 0 Å². The molecule has 1 heterocycles. The Bertz CT molecular complexity index is 2190. The SMILES string of the molecule is [B]CC(=O)N(CCNC(=O)CCCOP(=O)(O)OCCCCCCNC(=S)Nc1ccc(-c2c3ccc(=O)cc-3oc3cc(O)ccc23)c(C(=O)O)c1)CC(=O)NC. The van der Waals surface area contributed by atoms with Gasteiger partial charge in [-0.25, -0.2) is 9.36 Å². The quantitative estimate of drug-likeness (QED) is 0.0194. The molecule has 3 amide bonds. The molecule has 20 heteroatoms. The number of thiocarbonyl (C=S) groups is 1. The van der Waals surface area contributed by atoms with E-state index in [4.69, 9.17) is 33.5 Å². The maximum atomic E-state index is 12.5. The lowest BCUT2D eigenvalue weighted by molar-refractivity contribution is -0.134. The fraction of sp³-hybridized carbons (Fsp3) is 0.368. The second-order valence-electron chi connectivity index (χ2n) is 13.0. The third-order valence-corrected chi connectivity index (χ3v) is 9.98. The smallest absolute Gasteiger partial charge is 0.472 e. The number of anilines is 1. The molecule has 2 radical (unpaired) electrons. The molecule has 0 fully saturated rings. The van der Waals surface area contributed by atoms with Crippen LogP contribution in [0, 0.1) is 0 Å². The Hall–Kier alpha value is -5.33. The Balaban J connectivity index is 1.14. The number of nitrogens with zero attached hydrogens (tertiary/aromatic N) is 1. The van der Waals surface area contributed by atoms with Crippen LogP contribution in [0.1, 0.15) is 48.9 Å². The summed E-state index contributed by atoms with van der Waals surface area (Å²) in [6.07, 6.45) is 2.53. The van der Waals surface area contributed by atoms with Gasteiger partial charge >= 0.3 is 13.8 Å². The predicted octanol–water partition coefficient (Wildman–Crippen LogP) is 4.01. The summed E-state index contributed by atoms with van der Waals surface area (Å²) in [6, 6.07) is 13.5.